The molecule has 0 aliphatic carbocycles. The third kappa shape index (κ3) is 5.17. The molecule has 1 aromatic rings. The molecule has 22 heavy (non-hydrogen) atoms. The van der Waals surface area contributed by atoms with Crippen molar-refractivity contribution in [3.8, 4) is 5.75 Å². The maximum absolute atomic E-state index is 6.22. The van der Waals surface area contributed by atoms with E-state index in [1.165, 1.54) is 5.56 Å². The van der Waals surface area contributed by atoms with E-state index in [1.807, 2.05) is 12.1 Å². The molecule has 1 N–H and O–H groups in total. The summed E-state index contributed by atoms with van der Waals surface area (Å²) in [5.74, 6) is 0.924. The molecule has 1 atom stereocenters. The number of hydrogen-bond acceptors (Lipinski definition) is 3. The first-order valence-electron chi connectivity index (χ1n) is 7.21. The molecule has 0 saturated carbocycles. The maximum Gasteiger partial charge on any atom is 0.123 e. The lowest BCUT2D eigenvalue weighted by Crippen LogP contribution is -2.48. The second-order valence-electron chi connectivity index (χ2n) is 6.44. The summed E-state index contributed by atoms with van der Waals surface area (Å²) in [6.07, 6.45) is 0. The largest absolute Gasteiger partial charge is 0.496 e. The number of methoxy groups -OCH3 is 1. The van der Waals surface area contributed by atoms with Crippen molar-refractivity contribution in [2.45, 2.75) is 26.8 Å². The number of benzene rings is 1. The van der Waals surface area contributed by atoms with E-state index in [-0.39, 0.29) is 30.2 Å². The van der Waals surface area contributed by atoms with E-state index < -0.39 is 0 Å². The molecular weight excluding hydrogens is 343 g/mol. The second kappa shape index (κ2) is 9.19. The van der Waals surface area contributed by atoms with Crippen LogP contribution in [0, 0.1) is 5.41 Å². The first-order valence-corrected chi connectivity index (χ1v) is 7.59. The van der Waals surface area contributed by atoms with Gasteiger partial charge in [0.2, 0.25) is 0 Å². The van der Waals surface area contributed by atoms with Gasteiger partial charge in [-0.05, 0) is 23.6 Å². The van der Waals surface area contributed by atoms with Crippen LogP contribution in [0.4, 0.5) is 0 Å². The van der Waals surface area contributed by atoms with E-state index in [4.69, 9.17) is 16.3 Å². The van der Waals surface area contributed by atoms with Crippen molar-refractivity contribution in [1.82, 2.24) is 10.2 Å². The van der Waals surface area contributed by atoms with Crippen LogP contribution >= 0.6 is 36.4 Å². The van der Waals surface area contributed by atoms with E-state index in [2.05, 4.69) is 37.1 Å². The highest BCUT2D eigenvalue weighted by atomic mass is 35.5. The molecule has 0 amide bonds. The van der Waals surface area contributed by atoms with Crippen molar-refractivity contribution >= 4 is 36.4 Å². The molecule has 128 valence electrons. The fraction of sp³-hybridized carbons (Fsp3) is 0.625. The molecule has 1 aliphatic heterocycles. The minimum Gasteiger partial charge on any atom is -0.496 e. The van der Waals surface area contributed by atoms with Crippen LogP contribution in [0.25, 0.3) is 0 Å². The summed E-state index contributed by atoms with van der Waals surface area (Å²) in [7, 11) is 1.73. The lowest BCUT2D eigenvalue weighted by molar-refractivity contribution is 0.0842. The maximum atomic E-state index is 6.22. The van der Waals surface area contributed by atoms with Gasteiger partial charge in [-0.15, -0.1) is 24.8 Å². The number of nitrogens with one attached hydrogen (secondary N) is 1. The van der Waals surface area contributed by atoms with E-state index in [0.717, 1.165) is 37.0 Å². The van der Waals surface area contributed by atoms with Gasteiger partial charge in [0, 0.05) is 42.8 Å². The number of rotatable bonds is 3. The predicted octanol–water partition coefficient (Wildman–Crippen LogP) is 4.18. The Morgan fingerprint density at radius 2 is 1.77 bits per heavy atom. The van der Waals surface area contributed by atoms with Gasteiger partial charge in [-0.25, -0.2) is 0 Å². The summed E-state index contributed by atoms with van der Waals surface area (Å²) in [5.41, 5.74) is 1.31. The molecule has 0 radical (unpaired) electrons. The fourth-order valence-electron chi connectivity index (χ4n) is 3.07. The van der Waals surface area contributed by atoms with Crippen LogP contribution in [-0.4, -0.2) is 38.2 Å². The molecule has 3 nitrogen and oxygen atoms in total. The molecule has 1 saturated heterocycles. The van der Waals surface area contributed by atoms with Crippen molar-refractivity contribution < 1.29 is 4.74 Å². The van der Waals surface area contributed by atoms with E-state index in [1.54, 1.807) is 7.11 Å². The molecule has 2 rings (SSSR count). The Morgan fingerprint density at radius 1 is 1.18 bits per heavy atom. The summed E-state index contributed by atoms with van der Waals surface area (Å²) in [5, 5.41) is 4.18. The highest BCUT2D eigenvalue weighted by Gasteiger charge is 2.34. The topological polar surface area (TPSA) is 24.5 Å². The molecule has 0 unspecified atom stereocenters. The number of piperazine rings is 1. The highest BCUT2D eigenvalue weighted by Crippen LogP contribution is 2.42. The molecule has 1 fully saturated rings. The Balaban J connectivity index is 0.00000220. The predicted molar refractivity (Wildman–Crippen MR) is 99.1 cm³/mol. The SMILES string of the molecule is COc1ccc(Cl)cc1[C@@H](N1CCNCC1)C(C)(C)C.Cl.Cl. The Hall–Kier alpha value is -0.190. The van der Waals surface area contributed by atoms with Crippen molar-refractivity contribution in [1.29, 1.82) is 0 Å². The van der Waals surface area contributed by atoms with Crippen LogP contribution in [0.15, 0.2) is 18.2 Å². The van der Waals surface area contributed by atoms with Gasteiger partial charge in [-0.1, -0.05) is 32.4 Å². The average Bonchev–Trinajstić information content (AvgIpc) is 2.39. The second-order valence-corrected chi connectivity index (χ2v) is 6.88. The van der Waals surface area contributed by atoms with Gasteiger partial charge in [-0.3, -0.25) is 4.90 Å². The lowest BCUT2D eigenvalue weighted by atomic mass is 9.80. The minimum atomic E-state index is 0. The zero-order valence-corrected chi connectivity index (χ0v) is 16.1. The molecule has 0 aromatic heterocycles. The van der Waals surface area contributed by atoms with Gasteiger partial charge in [0.1, 0.15) is 5.75 Å². The molecule has 0 bridgehead atoms. The number of ether oxygens (including phenoxy) is 1. The summed E-state index contributed by atoms with van der Waals surface area (Å²) < 4.78 is 5.57. The average molecular weight is 370 g/mol. The molecule has 6 heteroatoms. The van der Waals surface area contributed by atoms with Crippen LogP contribution in [0.3, 0.4) is 0 Å². The number of hydrogen-bond donors (Lipinski definition) is 1. The fourth-order valence-corrected chi connectivity index (χ4v) is 3.25. The summed E-state index contributed by atoms with van der Waals surface area (Å²) >= 11 is 6.22. The van der Waals surface area contributed by atoms with Crippen LogP contribution in [0.1, 0.15) is 32.4 Å². The van der Waals surface area contributed by atoms with Gasteiger partial charge >= 0.3 is 0 Å². The quantitative estimate of drug-likeness (QED) is 0.865. The third-order valence-corrected chi connectivity index (χ3v) is 4.06. The van der Waals surface area contributed by atoms with Crippen molar-refractivity contribution in [2.75, 3.05) is 33.3 Å². The van der Waals surface area contributed by atoms with Gasteiger partial charge < -0.3 is 10.1 Å². The standard InChI is InChI=1S/C16H25ClN2O.2ClH/c1-16(2,3)15(19-9-7-18-8-10-19)13-11-12(17)5-6-14(13)20-4;;/h5-6,11,15,18H,7-10H2,1-4H3;2*1H/t15-;;/m1../s1. The number of halogens is 3. The first kappa shape index (κ1) is 21.8. The number of nitrogens with zero attached hydrogens (tertiary/aromatic N) is 1. The van der Waals surface area contributed by atoms with Gasteiger partial charge in [-0.2, -0.15) is 0 Å². The Morgan fingerprint density at radius 3 is 2.27 bits per heavy atom. The van der Waals surface area contributed by atoms with Gasteiger partial charge in [0.25, 0.3) is 0 Å². The summed E-state index contributed by atoms with van der Waals surface area (Å²) in [4.78, 5) is 2.53. The van der Waals surface area contributed by atoms with Crippen LogP contribution in [0.5, 0.6) is 5.75 Å². The van der Waals surface area contributed by atoms with E-state index in [0.29, 0.717) is 6.04 Å². The van der Waals surface area contributed by atoms with Gasteiger partial charge in [0.05, 0.1) is 7.11 Å². The van der Waals surface area contributed by atoms with Crippen molar-refractivity contribution in [3.63, 3.8) is 0 Å². The van der Waals surface area contributed by atoms with E-state index in [9.17, 15) is 0 Å². The monoisotopic (exact) mass is 368 g/mol. The lowest BCUT2D eigenvalue weighted by Gasteiger charge is -2.43. The zero-order chi connectivity index (χ0) is 14.8. The Kier molecular flexibility index (Phi) is 9.11. The Labute approximate surface area is 151 Å². The van der Waals surface area contributed by atoms with Crippen LogP contribution < -0.4 is 10.1 Å². The molecule has 0 spiro atoms. The first-order chi connectivity index (χ1) is 9.43. The van der Waals surface area contributed by atoms with Crippen molar-refractivity contribution in [2.24, 2.45) is 5.41 Å². The smallest absolute Gasteiger partial charge is 0.123 e. The highest BCUT2D eigenvalue weighted by molar-refractivity contribution is 6.30. The normalized spacial score (nSPS) is 17.1. The molecule has 1 heterocycles. The Bertz CT molecular complexity index is 457. The van der Waals surface area contributed by atoms with E-state index >= 15 is 0 Å². The minimum absolute atomic E-state index is 0. The zero-order valence-electron chi connectivity index (χ0n) is 13.7. The van der Waals surface area contributed by atoms with Crippen LogP contribution in [-0.2, 0) is 0 Å². The summed E-state index contributed by atoms with van der Waals surface area (Å²) in [6.45, 7) is 11.0. The third-order valence-electron chi connectivity index (χ3n) is 3.82. The van der Waals surface area contributed by atoms with Gasteiger partial charge in [0.15, 0.2) is 0 Å². The van der Waals surface area contributed by atoms with Crippen molar-refractivity contribution in [3.05, 3.63) is 28.8 Å². The van der Waals surface area contributed by atoms with Crippen LogP contribution in [0.2, 0.25) is 5.02 Å². The molecule has 1 aromatic carbocycles. The summed E-state index contributed by atoms with van der Waals surface area (Å²) in [6, 6.07) is 6.22. The molecular formula is C16H27Cl3N2O. The molecule has 1 aliphatic rings.